The van der Waals surface area contributed by atoms with E-state index >= 15 is 0 Å². The molecular formula is C13H19N3OS. The molecule has 0 aliphatic carbocycles. The van der Waals surface area contributed by atoms with Gasteiger partial charge in [-0.15, -0.1) is 0 Å². The molecule has 2 rings (SSSR count). The molecule has 0 unspecified atom stereocenters. The van der Waals surface area contributed by atoms with E-state index in [4.69, 9.17) is 22.7 Å². The third-order valence-corrected chi connectivity index (χ3v) is 3.40. The second-order valence-electron chi connectivity index (χ2n) is 4.38. The van der Waals surface area contributed by atoms with Gasteiger partial charge in [-0.3, -0.25) is 4.98 Å². The highest BCUT2D eigenvalue weighted by molar-refractivity contribution is 7.80. The molecule has 1 aromatic rings. The van der Waals surface area contributed by atoms with Crippen LogP contribution in [0, 0.1) is 0 Å². The molecule has 0 amide bonds. The molecular weight excluding hydrogens is 246 g/mol. The van der Waals surface area contributed by atoms with Gasteiger partial charge in [0.05, 0.1) is 11.8 Å². The minimum Gasteiger partial charge on any atom is -0.388 e. The Kier molecular flexibility index (Phi) is 4.49. The molecule has 1 aliphatic heterocycles. The maximum Gasteiger partial charge on any atom is 0.124 e. The topological polar surface area (TPSA) is 51.4 Å². The van der Waals surface area contributed by atoms with Crippen LogP contribution in [0.15, 0.2) is 18.3 Å². The van der Waals surface area contributed by atoms with Gasteiger partial charge in [-0.25, -0.2) is 0 Å². The van der Waals surface area contributed by atoms with Crippen LogP contribution in [0.1, 0.15) is 25.5 Å². The number of hydrogen-bond donors (Lipinski definition) is 1. The summed E-state index contributed by atoms with van der Waals surface area (Å²) in [7, 11) is 0. The van der Waals surface area contributed by atoms with Gasteiger partial charge in [-0.1, -0.05) is 12.2 Å². The van der Waals surface area contributed by atoms with Crippen molar-refractivity contribution < 1.29 is 4.74 Å². The zero-order chi connectivity index (χ0) is 13.0. The monoisotopic (exact) mass is 265 g/mol. The number of rotatable bonds is 4. The highest BCUT2D eigenvalue weighted by Crippen LogP contribution is 2.23. The van der Waals surface area contributed by atoms with Crippen molar-refractivity contribution in [2.75, 3.05) is 24.6 Å². The molecule has 98 valence electrons. The van der Waals surface area contributed by atoms with Crippen molar-refractivity contribution in [3.05, 3.63) is 24.0 Å². The van der Waals surface area contributed by atoms with Crippen LogP contribution in [0.4, 0.5) is 5.69 Å². The molecule has 0 spiro atoms. The summed E-state index contributed by atoms with van der Waals surface area (Å²) in [6.07, 6.45) is 4.19. The maximum absolute atomic E-state index is 5.71. The number of ether oxygens (including phenoxy) is 1. The zero-order valence-corrected chi connectivity index (χ0v) is 11.4. The summed E-state index contributed by atoms with van der Waals surface area (Å²) in [5.74, 6) is 0. The van der Waals surface area contributed by atoms with Crippen molar-refractivity contribution in [2.45, 2.75) is 25.9 Å². The lowest BCUT2D eigenvalue weighted by Gasteiger charge is -2.34. The SMILES string of the molecule is CCOC1CCN(c2cccnc2C(N)=S)CC1. The third kappa shape index (κ3) is 2.97. The number of aromatic nitrogens is 1. The first kappa shape index (κ1) is 13.2. The van der Waals surface area contributed by atoms with Crippen molar-refractivity contribution in [3.8, 4) is 0 Å². The minimum absolute atomic E-state index is 0.359. The summed E-state index contributed by atoms with van der Waals surface area (Å²) in [6, 6.07) is 3.95. The first-order valence-corrected chi connectivity index (χ1v) is 6.74. The Morgan fingerprint density at radius 1 is 1.56 bits per heavy atom. The summed E-state index contributed by atoms with van der Waals surface area (Å²) in [6.45, 7) is 4.76. The molecule has 1 saturated heterocycles. The van der Waals surface area contributed by atoms with E-state index in [9.17, 15) is 0 Å². The Balaban J connectivity index is 2.07. The highest BCUT2D eigenvalue weighted by Gasteiger charge is 2.21. The van der Waals surface area contributed by atoms with E-state index in [1.165, 1.54) is 0 Å². The lowest BCUT2D eigenvalue weighted by Crippen LogP contribution is -2.38. The average molecular weight is 265 g/mol. The van der Waals surface area contributed by atoms with E-state index < -0.39 is 0 Å². The molecule has 0 radical (unpaired) electrons. The average Bonchev–Trinajstić information content (AvgIpc) is 2.40. The van der Waals surface area contributed by atoms with Crippen molar-refractivity contribution in [1.82, 2.24) is 4.98 Å². The van der Waals surface area contributed by atoms with Gasteiger partial charge in [0.25, 0.3) is 0 Å². The molecule has 1 aromatic heterocycles. The Labute approximate surface area is 113 Å². The molecule has 0 aromatic carbocycles. The van der Waals surface area contributed by atoms with E-state index in [1.54, 1.807) is 6.20 Å². The van der Waals surface area contributed by atoms with E-state index in [1.807, 2.05) is 19.1 Å². The molecule has 0 atom stereocenters. The Morgan fingerprint density at radius 2 is 2.28 bits per heavy atom. The summed E-state index contributed by atoms with van der Waals surface area (Å²) < 4.78 is 5.65. The van der Waals surface area contributed by atoms with E-state index in [2.05, 4.69) is 9.88 Å². The van der Waals surface area contributed by atoms with Gasteiger partial charge in [0.1, 0.15) is 10.7 Å². The van der Waals surface area contributed by atoms with E-state index in [-0.39, 0.29) is 0 Å². The number of nitrogens with two attached hydrogens (primary N) is 1. The van der Waals surface area contributed by atoms with Crippen molar-refractivity contribution >= 4 is 22.9 Å². The molecule has 0 bridgehead atoms. The first-order chi connectivity index (χ1) is 8.72. The summed E-state index contributed by atoms with van der Waals surface area (Å²) in [4.78, 5) is 6.92. The molecule has 1 aliphatic rings. The number of anilines is 1. The fourth-order valence-corrected chi connectivity index (χ4v) is 2.50. The molecule has 2 heterocycles. The quantitative estimate of drug-likeness (QED) is 0.840. The van der Waals surface area contributed by atoms with Gasteiger partial charge in [0, 0.05) is 25.9 Å². The second-order valence-corrected chi connectivity index (χ2v) is 4.82. The van der Waals surface area contributed by atoms with Crippen molar-refractivity contribution in [2.24, 2.45) is 5.73 Å². The first-order valence-electron chi connectivity index (χ1n) is 6.33. The van der Waals surface area contributed by atoms with Crippen molar-refractivity contribution in [1.29, 1.82) is 0 Å². The van der Waals surface area contributed by atoms with Crippen LogP contribution in [0.5, 0.6) is 0 Å². The van der Waals surface area contributed by atoms with Gasteiger partial charge in [0.2, 0.25) is 0 Å². The van der Waals surface area contributed by atoms with Gasteiger partial charge < -0.3 is 15.4 Å². The number of piperidine rings is 1. The predicted octanol–water partition coefficient (Wildman–Crippen LogP) is 1.72. The Hall–Kier alpha value is -1.20. The van der Waals surface area contributed by atoms with Crippen molar-refractivity contribution in [3.63, 3.8) is 0 Å². The molecule has 18 heavy (non-hydrogen) atoms. The lowest BCUT2D eigenvalue weighted by atomic mass is 10.1. The van der Waals surface area contributed by atoms with E-state index in [0.717, 1.165) is 43.9 Å². The summed E-state index contributed by atoms with van der Waals surface area (Å²) in [5, 5.41) is 0. The van der Waals surface area contributed by atoms with Crippen LogP contribution in [-0.4, -0.2) is 35.8 Å². The molecule has 2 N–H and O–H groups in total. The van der Waals surface area contributed by atoms with Crippen LogP contribution >= 0.6 is 12.2 Å². The van der Waals surface area contributed by atoms with Gasteiger partial charge in [-0.2, -0.15) is 0 Å². The standard InChI is InChI=1S/C13H19N3OS/c1-2-17-10-5-8-16(9-6-10)11-4-3-7-15-12(11)13(14)18/h3-4,7,10H,2,5-6,8-9H2,1H3,(H2,14,18). The number of nitrogens with zero attached hydrogens (tertiary/aromatic N) is 2. The number of pyridine rings is 1. The zero-order valence-electron chi connectivity index (χ0n) is 10.6. The fourth-order valence-electron chi connectivity index (χ4n) is 2.34. The Bertz CT molecular complexity index is 416. The number of hydrogen-bond acceptors (Lipinski definition) is 4. The van der Waals surface area contributed by atoms with Gasteiger partial charge in [0.15, 0.2) is 0 Å². The van der Waals surface area contributed by atoms with Crippen LogP contribution in [0.2, 0.25) is 0 Å². The van der Waals surface area contributed by atoms with Crippen LogP contribution in [0.3, 0.4) is 0 Å². The Morgan fingerprint density at radius 3 is 2.89 bits per heavy atom. The molecule has 1 fully saturated rings. The summed E-state index contributed by atoms with van der Waals surface area (Å²) >= 11 is 5.05. The molecule has 4 nitrogen and oxygen atoms in total. The van der Waals surface area contributed by atoms with Gasteiger partial charge in [-0.05, 0) is 31.9 Å². The second kappa shape index (κ2) is 6.11. The summed E-state index contributed by atoms with van der Waals surface area (Å²) in [5.41, 5.74) is 7.48. The van der Waals surface area contributed by atoms with Crippen LogP contribution < -0.4 is 10.6 Å². The largest absolute Gasteiger partial charge is 0.388 e. The molecule has 5 heteroatoms. The predicted molar refractivity (Wildman–Crippen MR) is 77.0 cm³/mol. The number of thiocarbonyl (C=S) groups is 1. The van der Waals surface area contributed by atoms with Crippen LogP contribution in [0.25, 0.3) is 0 Å². The fraction of sp³-hybridized carbons (Fsp3) is 0.538. The highest BCUT2D eigenvalue weighted by atomic mass is 32.1. The third-order valence-electron chi connectivity index (χ3n) is 3.20. The maximum atomic E-state index is 5.71. The minimum atomic E-state index is 0.359. The normalized spacial score (nSPS) is 16.8. The molecule has 0 saturated carbocycles. The van der Waals surface area contributed by atoms with Crippen LogP contribution in [-0.2, 0) is 4.74 Å². The lowest BCUT2D eigenvalue weighted by molar-refractivity contribution is 0.0459. The smallest absolute Gasteiger partial charge is 0.124 e. The van der Waals surface area contributed by atoms with Gasteiger partial charge >= 0.3 is 0 Å². The van der Waals surface area contributed by atoms with E-state index in [0.29, 0.717) is 11.1 Å².